The second kappa shape index (κ2) is 17.9. The molecule has 0 radical (unpaired) electrons. The van der Waals surface area contributed by atoms with Crippen LogP contribution in [-0.2, 0) is 13.5 Å². The molecule has 1 fully saturated rings. The van der Waals surface area contributed by atoms with Gasteiger partial charge in [0.1, 0.15) is 0 Å². The van der Waals surface area contributed by atoms with Gasteiger partial charge in [0, 0.05) is 37.0 Å². The number of pyridine rings is 2. The van der Waals surface area contributed by atoms with Crippen LogP contribution in [0.2, 0.25) is 0 Å². The van der Waals surface area contributed by atoms with Crippen LogP contribution in [0.25, 0.3) is 0 Å². The van der Waals surface area contributed by atoms with Crippen LogP contribution in [-0.4, -0.2) is 39.6 Å². The maximum atomic E-state index is 5.67. The third kappa shape index (κ3) is 13.1. The quantitative estimate of drug-likeness (QED) is 0.172. The van der Waals surface area contributed by atoms with E-state index < -0.39 is 13.5 Å². The van der Waals surface area contributed by atoms with Crippen molar-refractivity contribution in [3.8, 4) is 0 Å². The summed E-state index contributed by atoms with van der Waals surface area (Å²) in [6.07, 6.45) is 7.00. The summed E-state index contributed by atoms with van der Waals surface area (Å²) in [5.74, 6) is 0. The fraction of sp³-hybridized carbons (Fsp3) is 0.200. The Morgan fingerprint density at radius 2 is 1.24 bits per heavy atom. The van der Waals surface area contributed by atoms with E-state index in [2.05, 4.69) is 66.4 Å². The van der Waals surface area contributed by atoms with Crippen molar-refractivity contribution >= 4 is 29.7 Å². The van der Waals surface area contributed by atoms with E-state index in [0.29, 0.717) is 0 Å². The summed E-state index contributed by atoms with van der Waals surface area (Å²) in [6.45, 7) is 11.0. The van der Waals surface area contributed by atoms with Gasteiger partial charge in [-0.2, -0.15) is 6.67 Å². The molecule has 5 rings (SSSR count). The number of halogens is 2. The molecule has 0 aliphatic carbocycles. The maximum absolute atomic E-state index is 5.67. The zero-order valence-electron chi connectivity index (χ0n) is 21.8. The molecular formula is C30H35Cl2N4Ru-. The van der Waals surface area contributed by atoms with Crippen molar-refractivity contribution < 1.29 is 13.5 Å². The molecular weight excluding hydrogens is 588 g/mol. The fourth-order valence-electron chi connectivity index (χ4n) is 3.65. The van der Waals surface area contributed by atoms with Crippen molar-refractivity contribution in [1.82, 2.24) is 14.9 Å². The van der Waals surface area contributed by atoms with Crippen molar-refractivity contribution in [2.24, 2.45) is 0 Å². The number of aryl methyl sites for hydroxylation is 3. The first-order chi connectivity index (χ1) is 17.9. The molecule has 1 aliphatic rings. The normalized spacial score (nSPS) is 12.6. The Labute approximate surface area is 235 Å². The summed E-state index contributed by atoms with van der Waals surface area (Å²) in [7, 11) is 13.5. The summed E-state index contributed by atoms with van der Waals surface area (Å²) < 4.78 is 1.92. The number of likely N-dealkylation sites (N-methyl/N-ethyl adjacent to an activating group) is 1. The molecule has 7 heteroatoms. The van der Waals surface area contributed by atoms with E-state index in [1.54, 1.807) is 24.8 Å². The molecule has 4 aromatic rings. The van der Waals surface area contributed by atoms with E-state index in [0.717, 1.165) is 18.7 Å². The first-order valence-electron chi connectivity index (χ1n) is 11.8. The number of hydrogen-bond acceptors (Lipinski definition) is 4. The second-order valence-electron chi connectivity index (χ2n) is 8.30. The molecule has 0 unspecified atom stereocenters. The van der Waals surface area contributed by atoms with E-state index in [1.807, 2.05) is 71.3 Å². The number of benzene rings is 2. The van der Waals surface area contributed by atoms with Crippen LogP contribution in [0.5, 0.6) is 0 Å². The maximum Gasteiger partial charge on any atom is 0.0267 e. The Bertz CT molecular complexity index is 1060. The zero-order chi connectivity index (χ0) is 26.9. The summed E-state index contributed by atoms with van der Waals surface area (Å²) in [4.78, 5) is 12.2. The summed E-state index contributed by atoms with van der Waals surface area (Å²) in [5, 5.41) is 0. The standard InChI is InChI=1S/C13H19N2.C7H6.2C5H5N.2ClH.Ru/c1-10-7-11(2)13(12(3)8-10)15-6-5-14(4)9-15;1-7-5-3-2-4-6-7;2*1-2-4-6-5-3-1;;;/h7-9H,5-6H2,1-4H3;1-6H;2*1-5H;2*1H;/q-1;;;;;;+2/p-2. The minimum absolute atomic E-state index is 1.10. The van der Waals surface area contributed by atoms with Gasteiger partial charge in [0.25, 0.3) is 0 Å². The third-order valence-electron chi connectivity index (χ3n) is 5.08. The minimum Gasteiger partial charge on any atom is -0.265 e. The molecule has 0 N–H and O–H groups in total. The number of rotatable bonds is 2. The molecule has 0 bridgehead atoms. The smallest absolute Gasteiger partial charge is 0.0267 e. The van der Waals surface area contributed by atoms with Gasteiger partial charge >= 0.3 is 73.4 Å². The van der Waals surface area contributed by atoms with Gasteiger partial charge < -0.3 is 9.80 Å². The molecule has 3 heterocycles. The van der Waals surface area contributed by atoms with Crippen LogP contribution in [0.4, 0.5) is 5.69 Å². The first kappa shape index (κ1) is 30.8. The molecule has 2 aromatic carbocycles. The third-order valence-corrected chi connectivity index (χ3v) is 6.95. The summed E-state index contributed by atoms with van der Waals surface area (Å²) >= 11 is -1.61. The molecule has 0 spiro atoms. The Morgan fingerprint density at radius 3 is 1.59 bits per heavy atom. The molecule has 37 heavy (non-hydrogen) atoms. The van der Waals surface area contributed by atoms with Crippen LogP contribution in [0, 0.1) is 27.4 Å². The van der Waals surface area contributed by atoms with Crippen molar-refractivity contribution in [2.75, 3.05) is 25.0 Å². The van der Waals surface area contributed by atoms with Gasteiger partial charge in [-0.15, -0.1) is 0 Å². The van der Waals surface area contributed by atoms with Gasteiger partial charge in [0.2, 0.25) is 0 Å². The Morgan fingerprint density at radius 1 is 0.757 bits per heavy atom. The summed E-state index contributed by atoms with van der Waals surface area (Å²) in [6, 6.07) is 25.8. The Hall–Kier alpha value is -2.43. The average Bonchev–Trinajstić information content (AvgIpc) is 3.32. The van der Waals surface area contributed by atoms with E-state index >= 15 is 0 Å². The molecule has 0 saturated carbocycles. The number of hydrogen-bond donors (Lipinski definition) is 0. The van der Waals surface area contributed by atoms with Gasteiger partial charge in [-0.05, 0) is 69.8 Å². The van der Waals surface area contributed by atoms with Crippen LogP contribution in [0.1, 0.15) is 22.3 Å². The van der Waals surface area contributed by atoms with E-state index in [9.17, 15) is 0 Å². The predicted octanol–water partition coefficient (Wildman–Crippen LogP) is 7.41. The minimum atomic E-state index is -1.61. The Balaban J connectivity index is 0.000000188. The monoisotopic (exact) mass is 623 g/mol. The number of anilines is 1. The topological polar surface area (TPSA) is 32.3 Å². The van der Waals surface area contributed by atoms with Crippen molar-refractivity contribution in [1.29, 1.82) is 0 Å². The molecule has 2 aromatic heterocycles. The number of aromatic nitrogens is 2. The fourth-order valence-corrected chi connectivity index (χ4v) is 5.48. The van der Waals surface area contributed by atoms with E-state index in [-0.39, 0.29) is 0 Å². The van der Waals surface area contributed by atoms with Crippen LogP contribution in [0.3, 0.4) is 0 Å². The van der Waals surface area contributed by atoms with Gasteiger partial charge in [-0.3, -0.25) is 9.97 Å². The average molecular weight is 624 g/mol. The molecule has 4 nitrogen and oxygen atoms in total. The second-order valence-corrected chi connectivity index (χ2v) is 14.0. The van der Waals surface area contributed by atoms with Crippen molar-refractivity contribution in [3.05, 3.63) is 133 Å². The van der Waals surface area contributed by atoms with Crippen molar-refractivity contribution in [3.63, 3.8) is 0 Å². The molecule has 1 saturated heterocycles. The van der Waals surface area contributed by atoms with Crippen LogP contribution in [0.15, 0.2) is 104 Å². The molecule has 0 atom stereocenters. The van der Waals surface area contributed by atoms with Crippen LogP contribution < -0.4 is 4.90 Å². The van der Waals surface area contributed by atoms with Crippen LogP contribution >= 0.6 is 19.4 Å². The summed E-state index contributed by atoms with van der Waals surface area (Å²) in [5.41, 5.74) is 6.59. The predicted molar refractivity (Wildman–Crippen MR) is 157 cm³/mol. The number of nitrogens with zero attached hydrogens (tertiary/aromatic N) is 4. The van der Waals surface area contributed by atoms with Crippen molar-refractivity contribution in [2.45, 2.75) is 20.8 Å². The zero-order valence-corrected chi connectivity index (χ0v) is 25.0. The van der Waals surface area contributed by atoms with Gasteiger partial charge in [0.15, 0.2) is 0 Å². The molecule has 0 amide bonds. The van der Waals surface area contributed by atoms with E-state index in [4.69, 9.17) is 19.4 Å². The SMILES string of the molecule is Cc1cc(C)c(N2[CH-]N(C)CC2)c(C)c1.[Cl][Ru]([Cl])=[CH]c1ccccc1.c1ccncc1.c1ccncc1. The molecule has 1 aliphatic heterocycles. The largest absolute Gasteiger partial charge is 0.265 e. The Kier molecular flexibility index (Phi) is 14.9. The molecule has 198 valence electrons. The van der Waals surface area contributed by atoms with Gasteiger partial charge in [-0.25, -0.2) is 0 Å². The van der Waals surface area contributed by atoms with Gasteiger partial charge in [0.05, 0.1) is 0 Å². The first-order valence-corrected chi connectivity index (χ1v) is 17.3. The van der Waals surface area contributed by atoms with E-state index in [1.165, 1.54) is 22.4 Å². The van der Waals surface area contributed by atoms with Gasteiger partial charge in [-0.1, -0.05) is 29.8 Å².